The van der Waals surface area contributed by atoms with Crippen LogP contribution in [-0.4, -0.2) is 41.6 Å². The second kappa shape index (κ2) is 8.20. The molecular formula is C19H30N4O3. The van der Waals surface area contributed by atoms with Crippen molar-refractivity contribution in [2.45, 2.75) is 63.8 Å². The van der Waals surface area contributed by atoms with Crippen molar-refractivity contribution in [2.24, 2.45) is 11.7 Å². The molecule has 0 unspecified atom stereocenters. The number of amides is 1. The van der Waals surface area contributed by atoms with Gasteiger partial charge in [-0.3, -0.25) is 9.59 Å². The van der Waals surface area contributed by atoms with E-state index in [1.54, 1.807) is 0 Å². The molecule has 7 nitrogen and oxygen atoms in total. The molecule has 1 aromatic rings. The molecule has 3 N–H and O–H groups in total. The van der Waals surface area contributed by atoms with Crippen molar-refractivity contribution in [1.29, 1.82) is 0 Å². The second-order valence-corrected chi connectivity index (χ2v) is 7.40. The minimum atomic E-state index is -0.447. The van der Waals surface area contributed by atoms with Crippen LogP contribution in [0.1, 0.15) is 79.4 Å². The van der Waals surface area contributed by atoms with Gasteiger partial charge in [0.2, 0.25) is 0 Å². The second-order valence-electron chi connectivity index (χ2n) is 7.40. The number of rotatable bonds is 5. The summed E-state index contributed by atoms with van der Waals surface area (Å²) in [7, 11) is 1.44. The Morgan fingerprint density at radius 3 is 2.38 bits per heavy atom. The number of methoxy groups -OCH3 is 1. The van der Waals surface area contributed by atoms with Crippen LogP contribution in [-0.2, 0) is 16.0 Å². The summed E-state index contributed by atoms with van der Waals surface area (Å²) in [6.45, 7) is 4.03. The lowest BCUT2D eigenvalue weighted by Gasteiger charge is -2.32. The highest BCUT2D eigenvalue weighted by molar-refractivity contribution is 5.92. The van der Waals surface area contributed by atoms with E-state index >= 15 is 0 Å². The summed E-state index contributed by atoms with van der Waals surface area (Å²) in [6, 6.07) is 0.361. The van der Waals surface area contributed by atoms with Crippen LogP contribution in [0.2, 0.25) is 0 Å². The molecule has 0 atom stereocenters. The first kappa shape index (κ1) is 18.9. The molecule has 2 heterocycles. The van der Waals surface area contributed by atoms with Gasteiger partial charge in [0.1, 0.15) is 11.5 Å². The molecule has 1 aromatic heterocycles. The normalized spacial score (nSPS) is 24.4. The lowest BCUT2D eigenvalue weighted by Crippen LogP contribution is -2.32. The summed E-state index contributed by atoms with van der Waals surface area (Å²) >= 11 is 0. The number of ether oxygens (including phenoxy) is 1. The van der Waals surface area contributed by atoms with Gasteiger partial charge >= 0.3 is 5.97 Å². The SMILES string of the molecule is CCc1nc(C(N)=O)c(C2CCC(C(=O)OC)CC2)n1C1CCNCC1. The largest absolute Gasteiger partial charge is 0.469 e. The Labute approximate surface area is 154 Å². The Kier molecular flexibility index (Phi) is 5.96. The van der Waals surface area contributed by atoms with Crippen molar-refractivity contribution in [1.82, 2.24) is 14.9 Å². The molecule has 2 aliphatic rings. The fraction of sp³-hybridized carbons (Fsp3) is 0.737. The minimum absolute atomic E-state index is 0.0332. The Bertz CT molecular complexity index is 656. The van der Waals surface area contributed by atoms with Gasteiger partial charge in [-0.2, -0.15) is 0 Å². The molecule has 2 fully saturated rings. The average Bonchev–Trinajstić information content (AvgIpc) is 3.08. The fourth-order valence-corrected chi connectivity index (χ4v) is 4.56. The third-order valence-corrected chi connectivity index (χ3v) is 5.89. The topological polar surface area (TPSA) is 99.2 Å². The van der Waals surface area contributed by atoms with Crippen LogP contribution in [0.3, 0.4) is 0 Å². The van der Waals surface area contributed by atoms with Crippen molar-refractivity contribution in [3.8, 4) is 0 Å². The van der Waals surface area contributed by atoms with Crippen LogP contribution in [0.4, 0.5) is 0 Å². The van der Waals surface area contributed by atoms with Gasteiger partial charge in [0.15, 0.2) is 0 Å². The highest BCUT2D eigenvalue weighted by Gasteiger charge is 2.34. The van der Waals surface area contributed by atoms with E-state index in [0.717, 1.165) is 69.6 Å². The van der Waals surface area contributed by atoms with E-state index in [-0.39, 0.29) is 17.8 Å². The number of aromatic nitrogens is 2. The molecule has 1 saturated carbocycles. The van der Waals surface area contributed by atoms with Gasteiger partial charge in [0.25, 0.3) is 5.91 Å². The zero-order valence-corrected chi connectivity index (χ0v) is 15.8. The Balaban J connectivity index is 1.93. The molecule has 0 spiro atoms. The number of nitrogens with zero attached hydrogens (tertiary/aromatic N) is 2. The Morgan fingerprint density at radius 2 is 1.85 bits per heavy atom. The first-order chi connectivity index (χ1) is 12.6. The maximum absolute atomic E-state index is 12.1. The quantitative estimate of drug-likeness (QED) is 0.780. The number of imidazole rings is 1. The Morgan fingerprint density at radius 1 is 1.19 bits per heavy atom. The van der Waals surface area contributed by atoms with E-state index in [0.29, 0.717) is 11.7 Å². The summed E-state index contributed by atoms with van der Waals surface area (Å²) in [4.78, 5) is 28.6. The molecular weight excluding hydrogens is 332 g/mol. The smallest absolute Gasteiger partial charge is 0.308 e. The number of primary amides is 1. The zero-order chi connectivity index (χ0) is 18.7. The van der Waals surface area contributed by atoms with Crippen LogP contribution in [0.5, 0.6) is 0 Å². The molecule has 1 saturated heterocycles. The van der Waals surface area contributed by atoms with Crippen LogP contribution < -0.4 is 11.1 Å². The number of nitrogens with one attached hydrogen (secondary N) is 1. The van der Waals surface area contributed by atoms with Crippen molar-refractivity contribution in [3.05, 3.63) is 17.2 Å². The zero-order valence-electron chi connectivity index (χ0n) is 15.8. The summed E-state index contributed by atoms with van der Waals surface area (Å²) in [5, 5.41) is 3.40. The van der Waals surface area contributed by atoms with Gasteiger partial charge in [-0.15, -0.1) is 0 Å². The highest BCUT2D eigenvalue weighted by atomic mass is 16.5. The van der Waals surface area contributed by atoms with Crippen LogP contribution in [0.15, 0.2) is 0 Å². The summed E-state index contributed by atoms with van der Waals surface area (Å²) in [6.07, 6.45) is 6.14. The molecule has 1 aliphatic carbocycles. The third kappa shape index (κ3) is 3.63. The summed E-state index contributed by atoms with van der Waals surface area (Å²) in [5.41, 5.74) is 7.12. The predicted octanol–water partition coefficient (Wildman–Crippen LogP) is 1.92. The van der Waals surface area contributed by atoms with Crippen LogP contribution in [0.25, 0.3) is 0 Å². The van der Waals surface area contributed by atoms with Crippen molar-refractivity contribution in [3.63, 3.8) is 0 Å². The number of esters is 1. The summed E-state index contributed by atoms with van der Waals surface area (Å²) < 4.78 is 7.21. The van der Waals surface area contributed by atoms with Gasteiger partial charge in [0.05, 0.1) is 18.7 Å². The number of hydrogen-bond donors (Lipinski definition) is 2. The van der Waals surface area contributed by atoms with E-state index in [1.807, 2.05) is 0 Å². The third-order valence-electron chi connectivity index (χ3n) is 5.89. The average molecular weight is 362 g/mol. The summed E-state index contributed by atoms with van der Waals surface area (Å²) in [5.74, 6) is 0.572. The van der Waals surface area contributed by atoms with Gasteiger partial charge < -0.3 is 20.4 Å². The molecule has 7 heteroatoms. The van der Waals surface area contributed by atoms with E-state index in [9.17, 15) is 9.59 Å². The van der Waals surface area contributed by atoms with Crippen molar-refractivity contribution < 1.29 is 14.3 Å². The van der Waals surface area contributed by atoms with Gasteiger partial charge in [-0.25, -0.2) is 4.98 Å². The fourth-order valence-electron chi connectivity index (χ4n) is 4.56. The molecule has 144 valence electrons. The molecule has 1 amide bonds. The van der Waals surface area contributed by atoms with Gasteiger partial charge in [-0.1, -0.05) is 6.92 Å². The van der Waals surface area contributed by atoms with Crippen LogP contribution >= 0.6 is 0 Å². The van der Waals surface area contributed by atoms with Crippen molar-refractivity contribution in [2.75, 3.05) is 20.2 Å². The highest BCUT2D eigenvalue weighted by Crippen LogP contribution is 2.40. The van der Waals surface area contributed by atoms with Crippen molar-refractivity contribution >= 4 is 11.9 Å². The maximum atomic E-state index is 12.1. The van der Waals surface area contributed by atoms with Gasteiger partial charge in [-0.05, 0) is 51.6 Å². The lowest BCUT2D eigenvalue weighted by atomic mass is 9.79. The molecule has 26 heavy (non-hydrogen) atoms. The van der Waals surface area contributed by atoms with Crippen LogP contribution in [0, 0.1) is 5.92 Å². The van der Waals surface area contributed by atoms with E-state index in [4.69, 9.17) is 10.5 Å². The molecule has 0 aromatic carbocycles. The molecule has 1 aliphatic heterocycles. The first-order valence-electron chi connectivity index (χ1n) is 9.76. The minimum Gasteiger partial charge on any atom is -0.469 e. The number of carbonyl (C=O) groups is 2. The van der Waals surface area contributed by atoms with E-state index in [1.165, 1.54) is 7.11 Å². The number of piperidine rings is 1. The molecule has 3 rings (SSSR count). The first-order valence-corrected chi connectivity index (χ1v) is 9.76. The molecule has 0 radical (unpaired) electrons. The number of aryl methyl sites for hydroxylation is 1. The van der Waals surface area contributed by atoms with Gasteiger partial charge in [0, 0.05) is 18.4 Å². The Hall–Kier alpha value is -1.89. The lowest BCUT2D eigenvalue weighted by molar-refractivity contribution is -0.146. The number of nitrogens with two attached hydrogens (primary N) is 1. The maximum Gasteiger partial charge on any atom is 0.308 e. The number of carbonyl (C=O) groups excluding carboxylic acids is 2. The monoisotopic (exact) mass is 362 g/mol. The molecule has 0 bridgehead atoms. The predicted molar refractivity (Wildman–Crippen MR) is 98.0 cm³/mol. The van der Waals surface area contributed by atoms with E-state index < -0.39 is 5.91 Å². The van der Waals surface area contributed by atoms with E-state index in [2.05, 4.69) is 21.8 Å². The standard InChI is InChI=1S/C19H30N4O3/c1-3-15-22-16(18(20)24)17(23(15)14-8-10-21-11-9-14)12-4-6-13(7-5-12)19(25)26-2/h12-14,21H,3-11H2,1-2H3,(H2,20,24). The number of hydrogen-bond acceptors (Lipinski definition) is 5.